The molecule has 1 spiro atoms. The largest absolute Gasteiger partial charge is 0.490 e. The van der Waals surface area contributed by atoms with Crippen molar-refractivity contribution >= 4 is 41.6 Å². The molecule has 2 aromatic rings. The van der Waals surface area contributed by atoms with E-state index in [1.54, 1.807) is 12.1 Å². The molecule has 2 saturated carbocycles. The molecule has 2 aromatic carbocycles. The minimum Gasteiger partial charge on any atom is -0.490 e. The summed E-state index contributed by atoms with van der Waals surface area (Å²) in [6.45, 7) is 13.4. The Morgan fingerprint density at radius 3 is 2.55 bits per heavy atom. The number of aromatic carboxylic acids is 1. The molecule has 0 saturated heterocycles. The van der Waals surface area contributed by atoms with Gasteiger partial charge in [-0.05, 0) is 128 Å². The summed E-state index contributed by atoms with van der Waals surface area (Å²) in [5, 5.41) is 16.1. The van der Waals surface area contributed by atoms with Crippen molar-refractivity contribution in [3.05, 3.63) is 70.3 Å². The van der Waals surface area contributed by atoms with Crippen LogP contribution in [-0.4, -0.2) is 59.4 Å². The number of allylic oxidation sites excluding steroid dienone is 1. The van der Waals surface area contributed by atoms with E-state index in [0.717, 1.165) is 74.5 Å². The number of anilines is 1. The Hall–Kier alpha value is -2.37. The number of sulfonamides is 1. The second kappa shape index (κ2) is 13.6. The molecule has 1 aliphatic heterocycles. The molecule has 1 heterocycles. The molecule has 8 nitrogen and oxygen atoms in total. The molecule has 0 amide bonds. The van der Waals surface area contributed by atoms with Crippen molar-refractivity contribution in [2.75, 3.05) is 30.3 Å². The van der Waals surface area contributed by atoms with E-state index in [9.17, 15) is 18.3 Å². The Bertz CT molecular complexity index is 1710. The van der Waals surface area contributed by atoms with Gasteiger partial charge in [0.15, 0.2) is 8.32 Å². The van der Waals surface area contributed by atoms with Crippen LogP contribution in [0.1, 0.15) is 80.8 Å². The number of hydrogen-bond donors (Lipinski definition) is 2. The van der Waals surface area contributed by atoms with Crippen LogP contribution in [0, 0.1) is 23.7 Å². The van der Waals surface area contributed by atoms with Crippen molar-refractivity contribution in [1.29, 1.82) is 0 Å². The summed E-state index contributed by atoms with van der Waals surface area (Å²) in [6.07, 6.45) is 11.3. The highest BCUT2D eigenvalue weighted by atomic mass is 35.5. The number of hydrogen-bond acceptors (Lipinski definition) is 6. The number of carboxylic acid groups (broad SMARTS) is 1. The van der Waals surface area contributed by atoms with E-state index < -0.39 is 24.3 Å². The van der Waals surface area contributed by atoms with E-state index in [4.69, 9.17) is 25.9 Å². The third kappa shape index (κ3) is 7.78. The fourth-order valence-electron chi connectivity index (χ4n) is 8.18. The zero-order chi connectivity index (χ0) is 35.4. The Labute approximate surface area is 298 Å². The van der Waals surface area contributed by atoms with Crippen LogP contribution in [0.2, 0.25) is 23.2 Å². The van der Waals surface area contributed by atoms with Gasteiger partial charge >= 0.3 is 5.97 Å². The third-order valence-corrected chi connectivity index (χ3v) is 17.9. The van der Waals surface area contributed by atoms with E-state index in [0.29, 0.717) is 12.5 Å². The van der Waals surface area contributed by atoms with Crippen molar-refractivity contribution in [1.82, 2.24) is 0 Å². The fraction of sp³-hybridized carbons (Fsp3) is 0.605. The number of carbonyl (C=O) groups is 1. The van der Waals surface area contributed by atoms with Gasteiger partial charge in [-0.2, -0.15) is 0 Å². The first-order valence-electron chi connectivity index (χ1n) is 17.9. The summed E-state index contributed by atoms with van der Waals surface area (Å²) in [5.41, 5.74) is 3.38. The summed E-state index contributed by atoms with van der Waals surface area (Å²) >= 11 is 6.45. The summed E-state index contributed by atoms with van der Waals surface area (Å²) in [7, 11) is -5.68. The SMILES string of the molecule is CC(C)(C)[Si](C)(C)OC(/C=C\[C@H]1CC[C@@H]1CS(N)(=O)=O)[C@@H]1CC[C@H]1CN1CC2(CCCc3cc(Cl)ccc32)COc2ccc(C(=O)O)cc21. The number of aryl methyl sites for hydroxylation is 1. The zero-order valence-corrected chi connectivity index (χ0v) is 32.2. The van der Waals surface area contributed by atoms with Gasteiger partial charge in [-0.15, -0.1) is 0 Å². The van der Waals surface area contributed by atoms with E-state index in [2.05, 4.69) is 63.0 Å². The number of rotatable bonds is 10. The molecule has 11 heteroatoms. The number of benzene rings is 2. The smallest absolute Gasteiger partial charge is 0.335 e. The van der Waals surface area contributed by atoms with Crippen molar-refractivity contribution in [3.63, 3.8) is 0 Å². The van der Waals surface area contributed by atoms with Gasteiger partial charge < -0.3 is 19.2 Å². The van der Waals surface area contributed by atoms with Crippen LogP contribution in [-0.2, 0) is 26.3 Å². The third-order valence-electron chi connectivity index (χ3n) is 12.3. The molecule has 0 aromatic heterocycles. The number of nitrogens with two attached hydrogens (primary N) is 1. The Morgan fingerprint density at radius 1 is 1.16 bits per heavy atom. The molecular weight excluding hydrogens is 676 g/mol. The molecule has 2 fully saturated rings. The lowest BCUT2D eigenvalue weighted by Gasteiger charge is -2.48. The maximum atomic E-state index is 12.1. The predicted octanol–water partition coefficient (Wildman–Crippen LogP) is 7.80. The molecule has 3 aliphatic carbocycles. The number of fused-ring (bicyclic) bond motifs is 3. The molecule has 4 aliphatic rings. The number of halogens is 1. The van der Waals surface area contributed by atoms with Crippen LogP contribution in [0.15, 0.2) is 48.6 Å². The molecular formula is C38H53ClN2O6SSi. The van der Waals surface area contributed by atoms with Crippen molar-refractivity contribution in [2.45, 2.75) is 95.4 Å². The van der Waals surface area contributed by atoms with Gasteiger partial charge in [0.05, 0.1) is 29.7 Å². The lowest BCUT2D eigenvalue weighted by Crippen LogP contribution is -2.52. The van der Waals surface area contributed by atoms with Crippen molar-refractivity contribution in [3.8, 4) is 5.75 Å². The predicted molar refractivity (Wildman–Crippen MR) is 199 cm³/mol. The monoisotopic (exact) mass is 728 g/mol. The number of nitrogens with zero attached hydrogens (tertiary/aromatic N) is 1. The quantitative estimate of drug-likeness (QED) is 0.189. The Morgan fingerprint density at radius 2 is 1.92 bits per heavy atom. The first-order valence-corrected chi connectivity index (χ1v) is 22.9. The number of carboxylic acids is 1. The van der Waals surface area contributed by atoms with E-state index >= 15 is 0 Å². The fourth-order valence-corrected chi connectivity index (χ4v) is 10.7. The highest BCUT2D eigenvalue weighted by Gasteiger charge is 2.47. The molecule has 2 unspecified atom stereocenters. The maximum Gasteiger partial charge on any atom is 0.335 e. The molecule has 6 rings (SSSR count). The van der Waals surface area contributed by atoms with Crippen LogP contribution < -0.4 is 14.8 Å². The zero-order valence-electron chi connectivity index (χ0n) is 29.6. The molecule has 6 atom stereocenters. The van der Waals surface area contributed by atoms with Crippen LogP contribution in [0.25, 0.3) is 0 Å². The molecule has 268 valence electrons. The molecule has 3 N–H and O–H groups in total. The summed E-state index contributed by atoms with van der Waals surface area (Å²) in [4.78, 5) is 14.5. The van der Waals surface area contributed by atoms with Crippen LogP contribution in [0.4, 0.5) is 5.69 Å². The Kier molecular flexibility index (Phi) is 10.1. The topological polar surface area (TPSA) is 119 Å². The minimum atomic E-state index is -3.52. The van der Waals surface area contributed by atoms with Gasteiger partial charge in [0, 0.05) is 23.5 Å². The first kappa shape index (κ1) is 36.4. The van der Waals surface area contributed by atoms with Gasteiger partial charge in [0.2, 0.25) is 10.0 Å². The van der Waals surface area contributed by atoms with E-state index in [1.807, 2.05) is 12.1 Å². The van der Waals surface area contributed by atoms with Gasteiger partial charge in [-0.3, -0.25) is 0 Å². The van der Waals surface area contributed by atoms with E-state index in [-0.39, 0.29) is 45.6 Å². The summed E-state index contributed by atoms with van der Waals surface area (Å²) < 4.78 is 37.5. The van der Waals surface area contributed by atoms with Gasteiger partial charge in [-0.1, -0.05) is 50.6 Å². The lowest BCUT2D eigenvalue weighted by molar-refractivity contribution is 0.0519. The lowest BCUT2D eigenvalue weighted by atomic mass is 9.68. The molecule has 49 heavy (non-hydrogen) atoms. The Balaban J connectivity index is 1.31. The van der Waals surface area contributed by atoms with Crippen LogP contribution >= 0.6 is 11.6 Å². The second-order valence-corrected chi connectivity index (χ2v) is 23.5. The highest BCUT2D eigenvalue weighted by Crippen LogP contribution is 2.48. The van der Waals surface area contributed by atoms with Gasteiger partial charge in [0.1, 0.15) is 5.75 Å². The summed E-state index contributed by atoms with van der Waals surface area (Å²) in [5.74, 6) is 0.638. The maximum absolute atomic E-state index is 12.1. The van der Waals surface area contributed by atoms with Crippen molar-refractivity contribution < 1.29 is 27.5 Å². The standard InChI is InChI=1S/C38H53ClN2O6SSi/c1-37(2,3)49(4,5)47-34(16-11-25-8-9-29(25)22-48(40,44)45)31-14-10-28(31)21-41-23-38(18-6-7-26-19-30(39)13-15-32(26)38)24-46-35-17-12-27(36(42)43)20-33(35)41/h11-13,15-17,19-20,25,28-29,31,34H,6-10,14,18,21-24H2,1-5H3,(H,42,43)(H2,40,44,45)/b16-11-/t25-,28+,29-,31-,34?,38?/m1/s1. The highest BCUT2D eigenvalue weighted by molar-refractivity contribution is 7.89. The average molecular weight is 729 g/mol. The first-order chi connectivity index (χ1) is 22.9. The second-order valence-electron chi connectivity index (χ2n) is 16.7. The average Bonchev–Trinajstić information content (AvgIpc) is 3.13. The molecule has 0 bridgehead atoms. The van der Waals surface area contributed by atoms with Gasteiger partial charge in [0.25, 0.3) is 0 Å². The normalized spacial score (nSPS) is 27.8. The van der Waals surface area contributed by atoms with Crippen LogP contribution in [0.5, 0.6) is 5.75 Å². The summed E-state index contributed by atoms with van der Waals surface area (Å²) in [6, 6.07) is 11.5. The van der Waals surface area contributed by atoms with Crippen LogP contribution in [0.3, 0.4) is 0 Å². The van der Waals surface area contributed by atoms with Crippen molar-refractivity contribution in [2.24, 2.45) is 28.8 Å². The minimum absolute atomic E-state index is 0.0215. The van der Waals surface area contributed by atoms with Gasteiger partial charge in [-0.25, -0.2) is 18.4 Å². The molecule has 0 radical (unpaired) electrons. The number of primary sulfonamides is 1. The number of ether oxygens (including phenoxy) is 1. The van der Waals surface area contributed by atoms with E-state index in [1.165, 1.54) is 11.1 Å².